The molecule has 4 heteroatoms. The summed E-state index contributed by atoms with van der Waals surface area (Å²) in [6.07, 6.45) is 2.09. The molecule has 0 saturated heterocycles. The maximum atomic E-state index is 10.9. The Kier molecular flexibility index (Phi) is 5.79. The molecule has 0 unspecified atom stereocenters. The van der Waals surface area contributed by atoms with Crippen LogP contribution in [0.2, 0.25) is 10.0 Å². The summed E-state index contributed by atoms with van der Waals surface area (Å²) in [6, 6.07) is 3.52. The van der Waals surface area contributed by atoms with Crippen LogP contribution in [0.4, 0.5) is 0 Å². The molecule has 94 valence electrons. The highest BCUT2D eigenvalue weighted by Gasteiger charge is 2.10. The summed E-state index contributed by atoms with van der Waals surface area (Å²) in [5.41, 5.74) is 0.964. The van der Waals surface area contributed by atoms with E-state index < -0.39 is 0 Å². The fourth-order valence-corrected chi connectivity index (χ4v) is 2.22. The Bertz CT molecular complexity index is 403. The van der Waals surface area contributed by atoms with Gasteiger partial charge in [0.1, 0.15) is 11.5 Å². The highest BCUT2D eigenvalue weighted by atomic mass is 35.5. The van der Waals surface area contributed by atoms with E-state index in [0.717, 1.165) is 18.4 Å². The number of rotatable bonds is 6. The highest BCUT2D eigenvalue weighted by Crippen LogP contribution is 2.33. The lowest BCUT2D eigenvalue weighted by molar-refractivity contribution is -0.117. The Morgan fingerprint density at radius 1 is 1.35 bits per heavy atom. The Balaban J connectivity index is 2.83. The van der Waals surface area contributed by atoms with Crippen molar-refractivity contribution >= 4 is 29.0 Å². The molecule has 0 aliphatic rings. The smallest absolute Gasteiger partial charge is 0.141 e. The van der Waals surface area contributed by atoms with Gasteiger partial charge in [-0.05, 0) is 44.4 Å². The second-order valence-electron chi connectivity index (χ2n) is 3.86. The number of halogens is 2. The molecule has 0 aliphatic heterocycles. The number of hydrogen-bond donors (Lipinski definition) is 0. The molecule has 0 amide bonds. The van der Waals surface area contributed by atoms with Gasteiger partial charge in [0.15, 0.2) is 0 Å². The van der Waals surface area contributed by atoms with Crippen molar-refractivity contribution in [3.8, 4) is 5.75 Å². The summed E-state index contributed by atoms with van der Waals surface area (Å²) in [5.74, 6) is 0.873. The molecular formula is C13H16Cl2O2. The van der Waals surface area contributed by atoms with Gasteiger partial charge in [-0.2, -0.15) is 0 Å². The summed E-state index contributed by atoms with van der Waals surface area (Å²) in [5, 5.41) is 1.12. The van der Waals surface area contributed by atoms with Crippen LogP contribution in [0.3, 0.4) is 0 Å². The predicted molar refractivity (Wildman–Crippen MR) is 71.3 cm³/mol. The van der Waals surface area contributed by atoms with Gasteiger partial charge in [-0.3, -0.25) is 0 Å². The second kappa shape index (κ2) is 6.87. The molecule has 0 N–H and O–H groups in total. The van der Waals surface area contributed by atoms with Crippen molar-refractivity contribution in [2.75, 3.05) is 6.61 Å². The Morgan fingerprint density at radius 2 is 2.06 bits per heavy atom. The van der Waals surface area contributed by atoms with Crippen LogP contribution in [0.5, 0.6) is 5.75 Å². The van der Waals surface area contributed by atoms with E-state index in [-0.39, 0.29) is 5.78 Å². The molecule has 0 bridgehead atoms. The van der Waals surface area contributed by atoms with Crippen LogP contribution >= 0.6 is 23.2 Å². The minimum absolute atomic E-state index is 0.191. The minimum Gasteiger partial charge on any atom is -0.492 e. The molecule has 0 spiro atoms. The largest absolute Gasteiger partial charge is 0.492 e. The molecule has 1 aromatic rings. The first-order chi connectivity index (χ1) is 8.04. The standard InChI is InChI=1S/C13H16Cl2O2/c1-3-17-13-10(6-4-5-9(2)16)7-11(14)8-12(13)15/h7-8H,3-6H2,1-2H3. The van der Waals surface area contributed by atoms with Crippen molar-refractivity contribution in [2.45, 2.75) is 33.1 Å². The third kappa shape index (κ3) is 4.57. The normalized spacial score (nSPS) is 10.4. The lowest BCUT2D eigenvalue weighted by Gasteiger charge is -2.12. The van der Waals surface area contributed by atoms with Gasteiger partial charge in [-0.25, -0.2) is 0 Å². The van der Waals surface area contributed by atoms with Crippen LogP contribution < -0.4 is 4.74 Å². The minimum atomic E-state index is 0.191. The summed E-state index contributed by atoms with van der Waals surface area (Å²) in [6.45, 7) is 4.06. The lowest BCUT2D eigenvalue weighted by atomic mass is 10.1. The lowest BCUT2D eigenvalue weighted by Crippen LogP contribution is -1.99. The van der Waals surface area contributed by atoms with Gasteiger partial charge in [-0.15, -0.1) is 0 Å². The van der Waals surface area contributed by atoms with Crippen molar-refractivity contribution in [3.05, 3.63) is 27.7 Å². The zero-order valence-corrected chi connectivity index (χ0v) is 11.6. The fourth-order valence-electron chi connectivity index (χ4n) is 1.63. The number of Topliss-reactive ketones (excluding diaryl/α,β-unsaturated/α-hetero) is 1. The van der Waals surface area contributed by atoms with E-state index >= 15 is 0 Å². The highest BCUT2D eigenvalue weighted by molar-refractivity contribution is 6.35. The molecule has 0 radical (unpaired) electrons. The van der Waals surface area contributed by atoms with E-state index in [1.54, 1.807) is 13.0 Å². The van der Waals surface area contributed by atoms with E-state index in [4.69, 9.17) is 27.9 Å². The van der Waals surface area contributed by atoms with Crippen LogP contribution in [-0.2, 0) is 11.2 Å². The molecular weight excluding hydrogens is 259 g/mol. The van der Waals surface area contributed by atoms with Crippen LogP contribution in [0.25, 0.3) is 0 Å². The maximum Gasteiger partial charge on any atom is 0.141 e. The molecule has 0 aliphatic carbocycles. The first kappa shape index (κ1) is 14.3. The van der Waals surface area contributed by atoms with Crippen molar-refractivity contribution < 1.29 is 9.53 Å². The number of ketones is 1. The van der Waals surface area contributed by atoms with E-state index in [1.165, 1.54) is 0 Å². The topological polar surface area (TPSA) is 26.3 Å². The quantitative estimate of drug-likeness (QED) is 0.773. The Labute approximate surface area is 112 Å². The van der Waals surface area contributed by atoms with Gasteiger partial charge in [0.2, 0.25) is 0 Å². The zero-order valence-electron chi connectivity index (χ0n) is 10.1. The summed E-state index contributed by atoms with van der Waals surface area (Å²) < 4.78 is 5.50. The second-order valence-corrected chi connectivity index (χ2v) is 4.71. The summed E-state index contributed by atoms with van der Waals surface area (Å²) >= 11 is 12.0. The van der Waals surface area contributed by atoms with E-state index in [0.29, 0.717) is 28.8 Å². The first-order valence-electron chi connectivity index (χ1n) is 5.64. The van der Waals surface area contributed by atoms with Gasteiger partial charge in [0.05, 0.1) is 11.6 Å². The van der Waals surface area contributed by atoms with Gasteiger partial charge in [-0.1, -0.05) is 23.2 Å². The molecule has 0 aromatic heterocycles. The average molecular weight is 275 g/mol. The van der Waals surface area contributed by atoms with E-state index in [1.807, 2.05) is 13.0 Å². The van der Waals surface area contributed by atoms with Crippen molar-refractivity contribution in [1.82, 2.24) is 0 Å². The maximum absolute atomic E-state index is 10.9. The zero-order chi connectivity index (χ0) is 12.8. The molecule has 0 fully saturated rings. The number of hydrogen-bond acceptors (Lipinski definition) is 2. The van der Waals surface area contributed by atoms with Crippen molar-refractivity contribution in [3.63, 3.8) is 0 Å². The van der Waals surface area contributed by atoms with Gasteiger partial charge in [0.25, 0.3) is 0 Å². The number of carbonyl (C=O) groups excluding carboxylic acids is 1. The molecule has 2 nitrogen and oxygen atoms in total. The van der Waals surface area contributed by atoms with Crippen LogP contribution in [0.1, 0.15) is 32.3 Å². The average Bonchev–Trinajstić information content (AvgIpc) is 2.22. The van der Waals surface area contributed by atoms with E-state index in [9.17, 15) is 4.79 Å². The Hall–Kier alpha value is -0.730. The number of benzene rings is 1. The molecule has 17 heavy (non-hydrogen) atoms. The summed E-state index contributed by atoms with van der Waals surface area (Å²) in [4.78, 5) is 10.9. The van der Waals surface area contributed by atoms with Gasteiger partial charge < -0.3 is 9.53 Å². The Morgan fingerprint density at radius 3 is 2.65 bits per heavy atom. The first-order valence-corrected chi connectivity index (χ1v) is 6.40. The summed E-state index contributed by atoms with van der Waals surface area (Å²) in [7, 11) is 0. The molecule has 0 heterocycles. The van der Waals surface area contributed by atoms with Gasteiger partial charge >= 0.3 is 0 Å². The van der Waals surface area contributed by atoms with Crippen LogP contribution in [0, 0.1) is 0 Å². The fraction of sp³-hybridized carbons (Fsp3) is 0.462. The number of aryl methyl sites for hydroxylation is 1. The number of carbonyl (C=O) groups is 1. The monoisotopic (exact) mass is 274 g/mol. The molecule has 0 saturated carbocycles. The molecule has 0 atom stereocenters. The van der Waals surface area contributed by atoms with Crippen LogP contribution in [-0.4, -0.2) is 12.4 Å². The van der Waals surface area contributed by atoms with Gasteiger partial charge in [0, 0.05) is 11.4 Å². The molecule has 1 aromatic carbocycles. The predicted octanol–water partition coefficient (Wildman–Crippen LogP) is 4.30. The molecule has 1 rings (SSSR count). The van der Waals surface area contributed by atoms with E-state index in [2.05, 4.69) is 0 Å². The third-order valence-corrected chi connectivity index (χ3v) is 2.85. The van der Waals surface area contributed by atoms with Crippen molar-refractivity contribution in [1.29, 1.82) is 0 Å². The SMILES string of the molecule is CCOc1c(Cl)cc(Cl)cc1CCCC(C)=O. The number of ether oxygens (including phenoxy) is 1. The van der Waals surface area contributed by atoms with Crippen molar-refractivity contribution in [2.24, 2.45) is 0 Å². The van der Waals surface area contributed by atoms with Crippen LogP contribution in [0.15, 0.2) is 12.1 Å². The third-order valence-electron chi connectivity index (χ3n) is 2.35.